The van der Waals surface area contributed by atoms with Gasteiger partial charge in [0.1, 0.15) is 5.60 Å². The van der Waals surface area contributed by atoms with Gasteiger partial charge in [0.15, 0.2) is 5.82 Å². The van der Waals surface area contributed by atoms with Gasteiger partial charge in [0, 0.05) is 7.05 Å². The van der Waals surface area contributed by atoms with E-state index < -0.39 is 5.60 Å². The SMILES string of the molecule is Cc1cccc2c1C(=O)N(C)Cc1cnc(C#CC(C)(C)O)n1-2. The standard InChI is InChI=1S/C18H19N3O2/c1-12-6-5-7-14-16(12)17(22)20(4)11-13-10-19-15(21(13)14)8-9-18(2,3)23/h5-7,10,23H,11H2,1-4H3. The average Bonchev–Trinajstić information content (AvgIpc) is 2.81. The fourth-order valence-electron chi connectivity index (χ4n) is 2.69. The molecule has 0 aliphatic carbocycles. The quantitative estimate of drug-likeness (QED) is 0.756. The molecule has 1 amide bonds. The van der Waals surface area contributed by atoms with Crippen LogP contribution in [0.3, 0.4) is 0 Å². The Balaban J connectivity index is 2.27. The second kappa shape index (κ2) is 5.25. The molecule has 0 spiro atoms. The van der Waals surface area contributed by atoms with Crippen LogP contribution in [-0.4, -0.2) is 38.1 Å². The number of carbonyl (C=O) groups is 1. The van der Waals surface area contributed by atoms with Crippen LogP contribution in [0.25, 0.3) is 5.69 Å². The topological polar surface area (TPSA) is 58.4 Å². The van der Waals surface area contributed by atoms with Crippen LogP contribution in [0.1, 0.15) is 41.3 Å². The lowest BCUT2D eigenvalue weighted by molar-refractivity contribution is 0.0787. The first-order chi connectivity index (χ1) is 10.8. The van der Waals surface area contributed by atoms with E-state index in [1.54, 1.807) is 32.0 Å². The maximum atomic E-state index is 12.7. The highest BCUT2D eigenvalue weighted by atomic mass is 16.3. The Morgan fingerprint density at radius 1 is 1.35 bits per heavy atom. The largest absolute Gasteiger partial charge is 0.378 e. The van der Waals surface area contributed by atoms with Gasteiger partial charge in [-0.25, -0.2) is 4.98 Å². The van der Waals surface area contributed by atoms with Gasteiger partial charge in [-0.2, -0.15) is 0 Å². The highest BCUT2D eigenvalue weighted by Crippen LogP contribution is 2.27. The van der Waals surface area contributed by atoms with Gasteiger partial charge in [-0.1, -0.05) is 18.1 Å². The average molecular weight is 309 g/mol. The predicted molar refractivity (Wildman–Crippen MR) is 87.3 cm³/mol. The molecule has 1 N–H and O–H groups in total. The predicted octanol–water partition coefficient (Wildman–Crippen LogP) is 1.89. The van der Waals surface area contributed by atoms with E-state index in [1.807, 2.05) is 29.7 Å². The first-order valence-corrected chi connectivity index (χ1v) is 7.45. The van der Waals surface area contributed by atoms with E-state index in [-0.39, 0.29) is 5.91 Å². The Bertz CT molecular complexity index is 847. The molecule has 1 aliphatic rings. The second-order valence-electron chi connectivity index (χ2n) is 6.35. The van der Waals surface area contributed by atoms with Crippen LogP contribution >= 0.6 is 0 Å². The van der Waals surface area contributed by atoms with Gasteiger partial charge in [-0.05, 0) is 38.3 Å². The van der Waals surface area contributed by atoms with Gasteiger partial charge >= 0.3 is 0 Å². The van der Waals surface area contributed by atoms with Crippen molar-refractivity contribution >= 4 is 5.91 Å². The van der Waals surface area contributed by atoms with Crippen LogP contribution in [0.15, 0.2) is 24.4 Å². The molecule has 23 heavy (non-hydrogen) atoms. The summed E-state index contributed by atoms with van der Waals surface area (Å²) in [6.07, 6.45) is 1.73. The van der Waals surface area contributed by atoms with Gasteiger partial charge in [0.25, 0.3) is 5.91 Å². The third-order valence-corrected chi connectivity index (χ3v) is 3.77. The fraction of sp³-hybridized carbons (Fsp3) is 0.333. The van der Waals surface area contributed by atoms with Crippen molar-refractivity contribution in [1.29, 1.82) is 0 Å². The fourth-order valence-corrected chi connectivity index (χ4v) is 2.69. The van der Waals surface area contributed by atoms with Crippen molar-refractivity contribution in [3.05, 3.63) is 47.0 Å². The molecule has 3 rings (SSSR count). The van der Waals surface area contributed by atoms with Gasteiger partial charge in [-0.3, -0.25) is 9.36 Å². The van der Waals surface area contributed by atoms with Crippen LogP contribution in [-0.2, 0) is 6.54 Å². The number of fused-ring (bicyclic) bond motifs is 3. The number of amides is 1. The number of imidazole rings is 1. The summed E-state index contributed by atoms with van der Waals surface area (Å²) in [5.41, 5.74) is 2.16. The minimum Gasteiger partial charge on any atom is -0.378 e. The molecule has 0 atom stereocenters. The first kappa shape index (κ1) is 15.3. The summed E-state index contributed by atoms with van der Waals surface area (Å²) in [5.74, 6) is 6.23. The Labute approximate surface area is 135 Å². The Morgan fingerprint density at radius 3 is 2.78 bits per heavy atom. The Kier molecular flexibility index (Phi) is 3.50. The molecule has 1 aliphatic heterocycles. The smallest absolute Gasteiger partial charge is 0.256 e. The summed E-state index contributed by atoms with van der Waals surface area (Å²) in [5, 5.41) is 9.83. The van der Waals surface area contributed by atoms with Crippen molar-refractivity contribution in [2.75, 3.05) is 7.05 Å². The van der Waals surface area contributed by atoms with Gasteiger partial charge in [0.2, 0.25) is 0 Å². The number of hydrogen-bond donors (Lipinski definition) is 1. The van der Waals surface area contributed by atoms with E-state index in [9.17, 15) is 9.90 Å². The van der Waals surface area contributed by atoms with E-state index >= 15 is 0 Å². The minimum absolute atomic E-state index is 0.0109. The second-order valence-corrected chi connectivity index (χ2v) is 6.35. The maximum absolute atomic E-state index is 12.7. The maximum Gasteiger partial charge on any atom is 0.256 e. The van der Waals surface area contributed by atoms with Gasteiger partial charge < -0.3 is 10.0 Å². The summed E-state index contributed by atoms with van der Waals surface area (Å²) in [6.45, 7) is 5.64. The minimum atomic E-state index is -1.10. The molecule has 0 radical (unpaired) electrons. The summed E-state index contributed by atoms with van der Waals surface area (Å²) in [4.78, 5) is 18.7. The molecule has 5 nitrogen and oxygen atoms in total. The lowest BCUT2D eigenvalue weighted by Crippen LogP contribution is -2.25. The molecular weight excluding hydrogens is 290 g/mol. The van der Waals surface area contributed by atoms with E-state index in [4.69, 9.17) is 0 Å². The number of benzene rings is 1. The van der Waals surface area contributed by atoms with E-state index in [0.717, 1.165) is 16.9 Å². The van der Waals surface area contributed by atoms with Crippen LogP contribution in [0.2, 0.25) is 0 Å². The van der Waals surface area contributed by atoms with Crippen LogP contribution in [0, 0.1) is 18.8 Å². The molecule has 0 bridgehead atoms. The summed E-state index contributed by atoms with van der Waals surface area (Å²) >= 11 is 0. The number of aliphatic hydroxyl groups is 1. The van der Waals surface area contributed by atoms with Crippen molar-refractivity contribution in [2.24, 2.45) is 0 Å². The van der Waals surface area contributed by atoms with Crippen molar-refractivity contribution in [1.82, 2.24) is 14.5 Å². The third-order valence-electron chi connectivity index (χ3n) is 3.77. The highest BCUT2D eigenvalue weighted by Gasteiger charge is 2.26. The first-order valence-electron chi connectivity index (χ1n) is 7.45. The van der Waals surface area contributed by atoms with Crippen molar-refractivity contribution < 1.29 is 9.90 Å². The molecule has 0 saturated heterocycles. The number of aromatic nitrogens is 2. The summed E-state index contributed by atoms with van der Waals surface area (Å²) in [7, 11) is 1.78. The molecule has 1 aromatic heterocycles. The normalized spacial score (nSPS) is 13.8. The molecule has 0 fully saturated rings. The number of aryl methyl sites for hydroxylation is 1. The highest BCUT2D eigenvalue weighted by molar-refractivity contribution is 5.99. The number of rotatable bonds is 0. The molecule has 1 aromatic carbocycles. The zero-order valence-electron chi connectivity index (χ0n) is 13.7. The van der Waals surface area contributed by atoms with Crippen LogP contribution < -0.4 is 0 Å². The summed E-state index contributed by atoms with van der Waals surface area (Å²) < 4.78 is 1.91. The van der Waals surface area contributed by atoms with E-state index in [0.29, 0.717) is 17.9 Å². The van der Waals surface area contributed by atoms with Crippen molar-refractivity contribution in [3.63, 3.8) is 0 Å². The lowest BCUT2D eigenvalue weighted by Gasteiger charge is -2.15. The zero-order chi connectivity index (χ0) is 16.8. The van der Waals surface area contributed by atoms with Crippen LogP contribution in [0.4, 0.5) is 0 Å². The monoisotopic (exact) mass is 309 g/mol. The Hall–Kier alpha value is -2.58. The zero-order valence-corrected chi connectivity index (χ0v) is 13.7. The molecule has 118 valence electrons. The van der Waals surface area contributed by atoms with Gasteiger partial charge in [0.05, 0.1) is 29.7 Å². The molecule has 0 unspecified atom stereocenters. The molecule has 2 heterocycles. The van der Waals surface area contributed by atoms with Crippen molar-refractivity contribution in [2.45, 2.75) is 32.9 Å². The van der Waals surface area contributed by atoms with E-state index in [2.05, 4.69) is 16.8 Å². The number of nitrogens with zero attached hydrogens (tertiary/aromatic N) is 3. The molecule has 2 aromatic rings. The summed E-state index contributed by atoms with van der Waals surface area (Å²) in [6, 6.07) is 5.75. The van der Waals surface area contributed by atoms with E-state index in [1.165, 1.54) is 0 Å². The molecule has 0 saturated carbocycles. The number of hydrogen-bond acceptors (Lipinski definition) is 3. The number of carbonyl (C=O) groups excluding carboxylic acids is 1. The third kappa shape index (κ3) is 2.73. The molecule has 5 heteroatoms. The van der Waals surface area contributed by atoms with Crippen LogP contribution in [0.5, 0.6) is 0 Å². The lowest BCUT2D eigenvalue weighted by atomic mass is 10.1. The van der Waals surface area contributed by atoms with Crippen molar-refractivity contribution in [3.8, 4) is 17.5 Å². The van der Waals surface area contributed by atoms with Gasteiger partial charge in [-0.15, -0.1) is 0 Å². The Morgan fingerprint density at radius 2 is 2.09 bits per heavy atom. The molecular formula is C18H19N3O2.